The number of nitrogens with one attached hydrogen (secondary N) is 1. The molecule has 4 N–H and O–H groups in total. The number of aliphatic hydroxyl groups excluding tert-OH is 1. The minimum absolute atomic E-state index is 0.0672. The molecule has 1 saturated heterocycles. The van der Waals surface area contributed by atoms with E-state index in [9.17, 15) is 9.90 Å². The van der Waals surface area contributed by atoms with E-state index in [1.54, 1.807) is 11.8 Å². The van der Waals surface area contributed by atoms with Crippen molar-refractivity contribution in [2.24, 2.45) is 0 Å². The maximum Gasteiger partial charge on any atom is 0.291 e. The smallest absolute Gasteiger partial charge is 0.291 e. The second-order valence-electron chi connectivity index (χ2n) is 4.78. The van der Waals surface area contributed by atoms with Crippen molar-refractivity contribution in [1.82, 2.24) is 20.1 Å². The summed E-state index contributed by atoms with van der Waals surface area (Å²) in [4.78, 5) is 17.9. The maximum absolute atomic E-state index is 12.3. The van der Waals surface area contributed by atoms with Crippen LogP contribution in [0.3, 0.4) is 0 Å². The zero-order chi connectivity index (χ0) is 13.1. The van der Waals surface area contributed by atoms with Crippen LogP contribution in [0.5, 0.6) is 0 Å². The van der Waals surface area contributed by atoms with Gasteiger partial charge in [0.25, 0.3) is 5.91 Å². The summed E-state index contributed by atoms with van der Waals surface area (Å²) in [6.07, 6.45) is 3.16. The lowest BCUT2D eigenvalue weighted by atomic mass is 9.97. The third-order valence-corrected chi connectivity index (χ3v) is 3.21. The number of nitrogens with two attached hydrogens (primary N) is 1. The summed E-state index contributed by atoms with van der Waals surface area (Å²) in [5.74, 6) is 0.0528. The van der Waals surface area contributed by atoms with Crippen molar-refractivity contribution in [3.05, 3.63) is 5.82 Å². The number of nitrogen functional groups attached to an aromatic ring is 1. The molecule has 0 spiro atoms. The molecule has 1 aliphatic heterocycles. The van der Waals surface area contributed by atoms with Crippen LogP contribution in [0.25, 0.3) is 0 Å². The van der Waals surface area contributed by atoms with Gasteiger partial charge in [-0.2, -0.15) is 4.98 Å². The number of hydrogen-bond acceptors (Lipinski definition) is 5. The number of carbonyl (C=O) groups excluding carboxylic acids is 1. The van der Waals surface area contributed by atoms with E-state index in [1.165, 1.54) is 0 Å². The van der Waals surface area contributed by atoms with Crippen LogP contribution in [0.2, 0.25) is 0 Å². The van der Waals surface area contributed by atoms with Gasteiger partial charge in [0.15, 0.2) is 0 Å². The Bertz CT molecular complexity index is 417. The van der Waals surface area contributed by atoms with Crippen LogP contribution >= 0.6 is 0 Å². The molecule has 0 aliphatic carbocycles. The van der Waals surface area contributed by atoms with E-state index in [0.29, 0.717) is 13.0 Å². The molecule has 7 nitrogen and oxygen atoms in total. The van der Waals surface area contributed by atoms with E-state index in [0.717, 1.165) is 19.3 Å². The number of aliphatic hydroxyl groups is 1. The summed E-state index contributed by atoms with van der Waals surface area (Å²) >= 11 is 0. The molecule has 1 fully saturated rings. The van der Waals surface area contributed by atoms with Gasteiger partial charge in [-0.15, -0.1) is 5.10 Å². The average Bonchev–Trinajstić information content (AvgIpc) is 2.75. The monoisotopic (exact) mass is 253 g/mol. The van der Waals surface area contributed by atoms with Crippen molar-refractivity contribution in [1.29, 1.82) is 0 Å². The Morgan fingerprint density at radius 1 is 1.67 bits per heavy atom. The van der Waals surface area contributed by atoms with Gasteiger partial charge in [-0.1, -0.05) is 0 Å². The van der Waals surface area contributed by atoms with Gasteiger partial charge in [0, 0.05) is 12.6 Å². The Morgan fingerprint density at radius 2 is 2.44 bits per heavy atom. The van der Waals surface area contributed by atoms with Crippen LogP contribution in [0.4, 0.5) is 5.95 Å². The van der Waals surface area contributed by atoms with Crippen LogP contribution in [-0.2, 0) is 0 Å². The number of piperidine rings is 1. The fourth-order valence-corrected chi connectivity index (χ4v) is 2.41. The molecule has 2 atom stereocenters. The Hall–Kier alpha value is -1.63. The number of carbonyl (C=O) groups is 1. The number of rotatable bonds is 3. The molecule has 1 aromatic rings. The largest absolute Gasteiger partial charge is 0.393 e. The number of nitrogens with zero attached hydrogens (tertiary/aromatic N) is 3. The van der Waals surface area contributed by atoms with E-state index < -0.39 is 6.10 Å². The topological polar surface area (TPSA) is 108 Å². The molecular formula is C11H19N5O2. The van der Waals surface area contributed by atoms with E-state index >= 15 is 0 Å². The molecule has 7 heteroatoms. The van der Waals surface area contributed by atoms with Gasteiger partial charge in [0.2, 0.25) is 11.8 Å². The first-order chi connectivity index (χ1) is 8.58. The summed E-state index contributed by atoms with van der Waals surface area (Å²) in [5, 5.41) is 15.7. The van der Waals surface area contributed by atoms with E-state index in [4.69, 9.17) is 5.73 Å². The molecule has 0 radical (unpaired) electrons. The van der Waals surface area contributed by atoms with Gasteiger partial charge in [-0.25, -0.2) is 0 Å². The molecule has 18 heavy (non-hydrogen) atoms. The fraction of sp³-hybridized carbons (Fsp3) is 0.727. The molecule has 1 aliphatic rings. The number of likely N-dealkylation sites (tertiary alicyclic amines) is 1. The van der Waals surface area contributed by atoms with Crippen LogP contribution in [0.1, 0.15) is 43.2 Å². The number of aromatic nitrogens is 3. The highest BCUT2D eigenvalue weighted by atomic mass is 16.3. The van der Waals surface area contributed by atoms with Crippen LogP contribution in [0, 0.1) is 0 Å². The summed E-state index contributed by atoms with van der Waals surface area (Å²) in [5.41, 5.74) is 5.40. The first kappa shape index (κ1) is 12.8. The zero-order valence-electron chi connectivity index (χ0n) is 10.5. The van der Waals surface area contributed by atoms with Crippen LogP contribution in [0.15, 0.2) is 0 Å². The van der Waals surface area contributed by atoms with Gasteiger partial charge < -0.3 is 15.7 Å². The third-order valence-electron chi connectivity index (χ3n) is 3.21. The number of H-pyrrole nitrogens is 1. The van der Waals surface area contributed by atoms with Gasteiger partial charge in [-0.05, 0) is 32.6 Å². The molecule has 1 amide bonds. The first-order valence-electron chi connectivity index (χ1n) is 6.25. The Morgan fingerprint density at radius 3 is 3.06 bits per heavy atom. The number of aromatic amines is 1. The Balaban J connectivity index is 2.10. The molecule has 0 bridgehead atoms. The lowest BCUT2D eigenvalue weighted by molar-refractivity contribution is 0.0504. The summed E-state index contributed by atoms with van der Waals surface area (Å²) in [6, 6.07) is 0.0672. The van der Waals surface area contributed by atoms with E-state index in [-0.39, 0.29) is 23.7 Å². The van der Waals surface area contributed by atoms with Gasteiger partial charge in [0.1, 0.15) is 0 Å². The van der Waals surface area contributed by atoms with Gasteiger partial charge in [-0.3, -0.25) is 9.89 Å². The standard InChI is InChI=1S/C11H19N5O2/c1-7(17)6-8-4-2-3-5-16(8)10(18)9-13-11(12)15-14-9/h7-8,17H,2-6H2,1H3,(H3,12,13,14,15). The molecule has 2 unspecified atom stereocenters. The lowest BCUT2D eigenvalue weighted by Crippen LogP contribution is -2.45. The predicted octanol–water partition coefficient (Wildman–Crippen LogP) is 0.152. The van der Waals surface area contributed by atoms with Crippen LogP contribution in [-0.4, -0.2) is 49.8 Å². The number of anilines is 1. The Labute approximate surface area is 105 Å². The van der Waals surface area contributed by atoms with Gasteiger partial charge >= 0.3 is 0 Å². The second-order valence-corrected chi connectivity index (χ2v) is 4.78. The molecule has 2 rings (SSSR count). The second kappa shape index (κ2) is 5.34. The SMILES string of the molecule is CC(O)CC1CCCCN1C(=O)c1nc(N)n[nH]1. The van der Waals surface area contributed by atoms with Crippen molar-refractivity contribution in [2.45, 2.75) is 44.8 Å². The van der Waals surface area contributed by atoms with Crippen molar-refractivity contribution in [2.75, 3.05) is 12.3 Å². The third kappa shape index (κ3) is 2.79. The van der Waals surface area contributed by atoms with Crippen molar-refractivity contribution >= 4 is 11.9 Å². The summed E-state index contributed by atoms with van der Waals surface area (Å²) in [6.45, 7) is 2.43. The molecular weight excluding hydrogens is 234 g/mol. The highest BCUT2D eigenvalue weighted by Crippen LogP contribution is 2.22. The average molecular weight is 253 g/mol. The van der Waals surface area contributed by atoms with E-state index in [1.807, 2.05) is 0 Å². The minimum atomic E-state index is -0.414. The normalized spacial score (nSPS) is 21.9. The van der Waals surface area contributed by atoms with Crippen molar-refractivity contribution in [3.8, 4) is 0 Å². The zero-order valence-corrected chi connectivity index (χ0v) is 10.5. The lowest BCUT2D eigenvalue weighted by Gasteiger charge is -2.35. The molecule has 2 heterocycles. The fourth-order valence-electron chi connectivity index (χ4n) is 2.41. The summed E-state index contributed by atoms with van der Waals surface area (Å²) < 4.78 is 0. The van der Waals surface area contributed by atoms with Gasteiger partial charge in [0.05, 0.1) is 6.10 Å². The van der Waals surface area contributed by atoms with Crippen molar-refractivity contribution < 1.29 is 9.90 Å². The van der Waals surface area contributed by atoms with Crippen LogP contribution < -0.4 is 5.73 Å². The molecule has 1 aromatic heterocycles. The highest BCUT2D eigenvalue weighted by molar-refractivity contribution is 5.91. The maximum atomic E-state index is 12.3. The van der Waals surface area contributed by atoms with Crippen molar-refractivity contribution in [3.63, 3.8) is 0 Å². The molecule has 0 aromatic carbocycles. The van der Waals surface area contributed by atoms with E-state index in [2.05, 4.69) is 15.2 Å². The first-order valence-corrected chi connectivity index (χ1v) is 6.25. The quantitative estimate of drug-likeness (QED) is 0.710. The molecule has 100 valence electrons. The predicted molar refractivity (Wildman–Crippen MR) is 65.8 cm³/mol. The minimum Gasteiger partial charge on any atom is -0.393 e. The molecule has 0 saturated carbocycles. The summed E-state index contributed by atoms with van der Waals surface area (Å²) in [7, 11) is 0. The highest BCUT2D eigenvalue weighted by Gasteiger charge is 2.29. The number of amides is 1. The number of hydrogen-bond donors (Lipinski definition) is 3. The Kier molecular flexibility index (Phi) is 3.81.